The van der Waals surface area contributed by atoms with Gasteiger partial charge in [-0.15, -0.1) is 0 Å². The maximum atomic E-state index is 12.8. The van der Waals surface area contributed by atoms with Crippen LogP contribution in [0.2, 0.25) is 5.02 Å². The van der Waals surface area contributed by atoms with Crippen molar-refractivity contribution in [1.82, 2.24) is 0 Å². The molecular formula is C22H15ClN2O2S. The van der Waals surface area contributed by atoms with Crippen molar-refractivity contribution in [2.45, 2.75) is 0 Å². The maximum absolute atomic E-state index is 12.8. The number of hydrogen-bond acceptors (Lipinski definition) is 4. The predicted octanol–water partition coefficient (Wildman–Crippen LogP) is 6.19. The van der Waals surface area contributed by atoms with Gasteiger partial charge in [0.25, 0.3) is 5.91 Å². The van der Waals surface area contributed by atoms with Crippen molar-refractivity contribution in [3.8, 4) is 11.5 Å². The van der Waals surface area contributed by atoms with Crippen LogP contribution in [0.25, 0.3) is 6.08 Å². The largest absolute Gasteiger partial charge is 0.457 e. The molecule has 1 heterocycles. The highest BCUT2D eigenvalue weighted by Gasteiger charge is 2.33. The van der Waals surface area contributed by atoms with E-state index in [0.29, 0.717) is 21.4 Å². The molecule has 0 atom stereocenters. The lowest BCUT2D eigenvalue weighted by Crippen LogP contribution is -2.27. The van der Waals surface area contributed by atoms with Crippen LogP contribution in [0.5, 0.6) is 11.5 Å². The predicted molar refractivity (Wildman–Crippen MR) is 115 cm³/mol. The smallest absolute Gasteiger partial charge is 0.271 e. The molecule has 4 nitrogen and oxygen atoms in total. The average molecular weight is 407 g/mol. The van der Waals surface area contributed by atoms with Crippen molar-refractivity contribution in [3.63, 3.8) is 0 Å². The number of ether oxygens (including phenoxy) is 1. The molecule has 28 heavy (non-hydrogen) atoms. The van der Waals surface area contributed by atoms with Gasteiger partial charge in [0.1, 0.15) is 11.5 Å². The highest BCUT2D eigenvalue weighted by atomic mass is 35.5. The Balaban J connectivity index is 1.57. The van der Waals surface area contributed by atoms with Crippen LogP contribution in [0.4, 0.5) is 5.69 Å². The first-order chi connectivity index (χ1) is 13.6. The van der Waals surface area contributed by atoms with Gasteiger partial charge >= 0.3 is 0 Å². The third kappa shape index (κ3) is 3.96. The Morgan fingerprint density at radius 3 is 2.39 bits per heavy atom. The van der Waals surface area contributed by atoms with E-state index in [0.717, 1.165) is 23.1 Å². The zero-order valence-electron chi connectivity index (χ0n) is 14.6. The summed E-state index contributed by atoms with van der Waals surface area (Å²) in [6.07, 6.45) is 1.77. The molecule has 1 aliphatic heterocycles. The van der Waals surface area contributed by atoms with E-state index in [-0.39, 0.29) is 11.1 Å². The van der Waals surface area contributed by atoms with Crippen molar-refractivity contribution in [1.29, 1.82) is 5.41 Å². The van der Waals surface area contributed by atoms with E-state index in [1.807, 2.05) is 54.6 Å². The SMILES string of the molecule is N=C1S/C(=C\c2cccc(Oc3ccccc3)c2)C(=O)N1c1ccc(Cl)cc1. The van der Waals surface area contributed by atoms with Crippen molar-refractivity contribution < 1.29 is 9.53 Å². The summed E-state index contributed by atoms with van der Waals surface area (Å²) in [6, 6.07) is 23.9. The summed E-state index contributed by atoms with van der Waals surface area (Å²) in [5.74, 6) is 1.20. The fraction of sp³-hybridized carbons (Fsp3) is 0. The first-order valence-electron chi connectivity index (χ1n) is 8.51. The number of nitrogens with one attached hydrogen (secondary N) is 1. The number of thioether (sulfide) groups is 1. The molecule has 1 fully saturated rings. The van der Waals surface area contributed by atoms with Crippen LogP contribution in [0, 0.1) is 5.41 Å². The number of hydrogen-bond donors (Lipinski definition) is 1. The molecule has 1 saturated heterocycles. The van der Waals surface area contributed by atoms with E-state index in [2.05, 4.69) is 0 Å². The van der Waals surface area contributed by atoms with E-state index < -0.39 is 0 Å². The van der Waals surface area contributed by atoms with Gasteiger partial charge in [0.15, 0.2) is 5.17 Å². The molecule has 1 amide bonds. The average Bonchev–Trinajstić information content (AvgIpc) is 2.97. The van der Waals surface area contributed by atoms with Crippen LogP contribution < -0.4 is 9.64 Å². The second-order valence-electron chi connectivity index (χ2n) is 6.02. The number of carbonyl (C=O) groups excluding carboxylic acids is 1. The first kappa shape index (κ1) is 18.3. The van der Waals surface area contributed by atoms with Crippen molar-refractivity contribution in [2.24, 2.45) is 0 Å². The number of rotatable bonds is 4. The Labute approximate surface area is 171 Å². The van der Waals surface area contributed by atoms with Gasteiger partial charge in [-0.25, -0.2) is 0 Å². The van der Waals surface area contributed by atoms with Crippen LogP contribution in [0.3, 0.4) is 0 Å². The molecular weight excluding hydrogens is 392 g/mol. The second kappa shape index (κ2) is 7.92. The Morgan fingerprint density at radius 2 is 1.64 bits per heavy atom. The van der Waals surface area contributed by atoms with Crippen LogP contribution >= 0.6 is 23.4 Å². The van der Waals surface area contributed by atoms with Crippen LogP contribution in [-0.4, -0.2) is 11.1 Å². The van der Waals surface area contributed by atoms with E-state index in [1.54, 1.807) is 30.3 Å². The summed E-state index contributed by atoms with van der Waals surface area (Å²) >= 11 is 7.05. The first-order valence-corrected chi connectivity index (χ1v) is 9.71. The van der Waals surface area contributed by atoms with Gasteiger partial charge < -0.3 is 4.74 Å². The Morgan fingerprint density at radius 1 is 0.929 bits per heavy atom. The summed E-state index contributed by atoms with van der Waals surface area (Å²) in [5, 5.41) is 8.93. The molecule has 0 unspecified atom stereocenters. The molecule has 0 aliphatic carbocycles. The molecule has 3 aromatic rings. The van der Waals surface area contributed by atoms with Crippen molar-refractivity contribution >= 4 is 46.2 Å². The van der Waals surface area contributed by atoms with E-state index in [4.69, 9.17) is 21.7 Å². The number of halogens is 1. The number of para-hydroxylation sites is 1. The minimum atomic E-state index is -0.230. The van der Waals surface area contributed by atoms with E-state index in [1.165, 1.54) is 4.90 Å². The lowest BCUT2D eigenvalue weighted by atomic mass is 10.2. The summed E-state index contributed by atoms with van der Waals surface area (Å²) in [6.45, 7) is 0. The van der Waals surface area contributed by atoms with Gasteiger partial charge in [-0.3, -0.25) is 15.1 Å². The van der Waals surface area contributed by atoms with Gasteiger partial charge in [-0.1, -0.05) is 41.9 Å². The zero-order chi connectivity index (χ0) is 19.5. The molecule has 0 aromatic heterocycles. The molecule has 1 aliphatic rings. The summed E-state index contributed by atoms with van der Waals surface area (Å²) in [4.78, 5) is 14.7. The second-order valence-corrected chi connectivity index (χ2v) is 7.49. The standard InChI is InChI=1S/C22H15ClN2O2S/c23-16-9-11-17(12-10-16)25-21(26)20(28-22(25)24)14-15-5-4-8-19(13-15)27-18-6-2-1-3-7-18/h1-14,24H/b20-14-,24-22?. The highest BCUT2D eigenvalue weighted by molar-refractivity contribution is 8.19. The molecule has 6 heteroatoms. The normalized spacial score (nSPS) is 15.3. The Kier molecular flexibility index (Phi) is 5.19. The van der Waals surface area contributed by atoms with Gasteiger partial charge in [-0.05, 0) is 71.9 Å². The zero-order valence-corrected chi connectivity index (χ0v) is 16.2. The molecule has 1 N–H and O–H groups in total. The number of amides is 1. The monoisotopic (exact) mass is 406 g/mol. The fourth-order valence-corrected chi connectivity index (χ4v) is 3.74. The van der Waals surface area contributed by atoms with Crippen molar-refractivity contribution in [2.75, 3.05) is 4.90 Å². The maximum Gasteiger partial charge on any atom is 0.271 e. The Bertz CT molecular complexity index is 1070. The van der Waals surface area contributed by atoms with Gasteiger partial charge in [-0.2, -0.15) is 0 Å². The van der Waals surface area contributed by atoms with Gasteiger partial charge in [0.2, 0.25) is 0 Å². The van der Waals surface area contributed by atoms with E-state index >= 15 is 0 Å². The van der Waals surface area contributed by atoms with Crippen LogP contribution in [0.1, 0.15) is 5.56 Å². The fourth-order valence-electron chi connectivity index (χ4n) is 2.76. The molecule has 0 saturated carbocycles. The third-order valence-electron chi connectivity index (χ3n) is 4.04. The third-order valence-corrected chi connectivity index (χ3v) is 5.18. The molecule has 0 radical (unpaired) electrons. The van der Waals surface area contributed by atoms with Crippen LogP contribution in [0.15, 0.2) is 83.8 Å². The van der Waals surface area contributed by atoms with Gasteiger partial charge in [0, 0.05) is 5.02 Å². The molecule has 0 bridgehead atoms. The van der Waals surface area contributed by atoms with Crippen molar-refractivity contribution in [3.05, 3.63) is 94.4 Å². The number of amidine groups is 1. The quantitative estimate of drug-likeness (QED) is 0.525. The highest BCUT2D eigenvalue weighted by Crippen LogP contribution is 2.36. The Hall–Kier alpha value is -3.02. The lowest BCUT2D eigenvalue weighted by molar-refractivity contribution is -0.113. The molecule has 3 aromatic carbocycles. The number of benzene rings is 3. The minimum Gasteiger partial charge on any atom is -0.457 e. The summed E-state index contributed by atoms with van der Waals surface area (Å²) in [5.41, 5.74) is 1.45. The molecule has 0 spiro atoms. The van der Waals surface area contributed by atoms with Gasteiger partial charge in [0.05, 0.1) is 10.6 Å². The topological polar surface area (TPSA) is 53.4 Å². The minimum absolute atomic E-state index is 0.162. The summed E-state index contributed by atoms with van der Waals surface area (Å²) < 4.78 is 5.85. The molecule has 138 valence electrons. The lowest BCUT2D eigenvalue weighted by Gasteiger charge is -2.14. The summed E-state index contributed by atoms with van der Waals surface area (Å²) in [7, 11) is 0. The number of nitrogens with zero attached hydrogens (tertiary/aromatic N) is 1. The molecule has 4 rings (SSSR count). The number of carbonyl (C=O) groups is 1. The van der Waals surface area contributed by atoms with Crippen LogP contribution in [-0.2, 0) is 4.79 Å². The van der Waals surface area contributed by atoms with E-state index in [9.17, 15) is 4.79 Å². The number of anilines is 1.